The summed E-state index contributed by atoms with van der Waals surface area (Å²) < 4.78 is 0. The van der Waals surface area contributed by atoms with Gasteiger partial charge in [0.2, 0.25) is 5.91 Å². The molecule has 2 rings (SSSR count). The highest BCUT2D eigenvalue weighted by molar-refractivity contribution is 7.10. The van der Waals surface area contributed by atoms with Crippen molar-refractivity contribution in [1.29, 1.82) is 0 Å². The third-order valence-electron chi connectivity index (χ3n) is 2.71. The number of rotatable bonds is 3. The van der Waals surface area contributed by atoms with E-state index in [0.717, 1.165) is 23.4 Å². The van der Waals surface area contributed by atoms with Crippen LogP contribution < -0.4 is 0 Å². The summed E-state index contributed by atoms with van der Waals surface area (Å²) in [6.07, 6.45) is 2.14. The van der Waals surface area contributed by atoms with E-state index >= 15 is 0 Å². The van der Waals surface area contributed by atoms with E-state index in [1.807, 2.05) is 16.3 Å². The van der Waals surface area contributed by atoms with Gasteiger partial charge < -0.3 is 10.0 Å². The van der Waals surface area contributed by atoms with Crippen LogP contribution in [0.3, 0.4) is 0 Å². The Hall–Kier alpha value is -1.31. The molecule has 0 atom stereocenters. The Morgan fingerprint density at radius 2 is 2.41 bits per heavy atom. The Morgan fingerprint density at radius 1 is 1.53 bits per heavy atom. The molecule has 0 saturated carbocycles. The van der Waals surface area contributed by atoms with Crippen LogP contribution in [-0.4, -0.2) is 29.1 Å². The summed E-state index contributed by atoms with van der Waals surface area (Å²) in [6, 6.07) is 1.98. The summed E-state index contributed by atoms with van der Waals surface area (Å²) in [5, 5.41) is 10.7. The summed E-state index contributed by atoms with van der Waals surface area (Å²) >= 11 is 1.64. The Kier molecular flexibility index (Phi) is 4.18. The topological polar surface area (TPSA) is 40.5 Å². The zero-order valence-electron chi connectivity index (χ0n) is 9.61. The summed E-state index contributed by atoms with van der Waals surface area (Å²) in [4.78, 5) is 14.6. The summed E-state index contributed by atoms with van der Waals surface area (Å²) in [5.74, 6) is 6.21. The van der Waals surface area contributed by atoms with Crippen molar-refractivity contribution in [3.05, 3.63) is 21.9 Å². The monoisotopic (exact) mass is 249 g/mol. The molecular weight excluding hydrogens is 234 g/mol. The smallest absolute Gasteiger partial charge is 0.222 e. The first-order valence-electron chi connectivity index (χ1n) is 5.75. The second kappa shape index (κ2) is 5.85. The molecule has 4 heteroatoms. The SMILES string of the molecule is O=C1CCCN1Cc1sccc1C#CCCO. The minimum Gasteiger partial charge on any atom is -0.395 e. The van der Waals surface area contributed by atoms with Gasteiger partial charge in [-0.15, -0.1) is 11.3 Å². The quantitative estimate of drug-likeness (QED) is 0.827. The molecule has 1 saturated heterocycles. The molecule has 1 amide bonds. The van der Waals surface area contributed by atoms with E-state index < -0.39 is 0 Å². The van der Waals surface area contributed by atoms with Crippen molar-refractivity contribution in [2.75, 3.05) is 13.2 Å². The van der Waals surface area contributed by atoms with Crippen molar-refractivity contribution in [1.82, 2.24) is 4.90 Å². The van der Waals surface area contributed by atoms with Crippen LogP contribution in [0.4, 0.5) is 0 Å². The van der Waals surface area contributed by atoms with E-state index in [9.17, 15) is 4.79 Å². The van der Waals surface area contributed by atoms with E-state index in [2.05, 4.69) is 11.8 Å². The molecule has 1 aromatic rings. The molecule has 3 nitrogen and oxygen atoms in total. The maximum absolute atomic E-state index is 11.5. The molecule has 0 aromatic carbocycles. The van der Waals surface area contributed by atoms with Gasteiger partial charge in [-0.3, -0.25) is 4.79 Å². The number of aliphatic hydroxyl groups excluding tert-OH is 1. The van der Waals surface area contributed by atoms with Crippen molar-refractivity contribution in [2.24, 2.45) is 0 Å². The third kappa shape index (κ3) is 3.09. The van der Waals surface area contributed by atoms with Crippen LogP contribution >= 0.6 is 11.3 Å². The standard InChI is InChI=1S/C13H15NO2S/c15-8-2-1-4-11-6-9-17-12(11)10-14-7-3-5-13(14)16/h6,9,15H,2-3,5,7-8,10H2. The Labute approximate surface area is 105 Å². The van der Waals surface area contributed by atoms with Gasteiger partial charge in [-0.25, -0.2) is 0 Å². The fourth-order valence-electron chi connectivity index (χ4n) is 1.83. The van der Waals surface area contributed by atoms with Gasteiger partial charge in [-0.1, -0.05) is 11.8 Å². The van der Waals surface area contributed by atoms with Crippen molar-refractivity contribution in [3.8, 4) is 11.8 Å². The fraction of sp³-hybridized carbons (Fsp3) is 0.462. The van der Waals surface area contributed by atoms with Gasteiger partial charge in [-0.05, 0) is 17.9 Å². The molecule has 1 aromatic heterocycles. The first-order valence-corrected chi connectivity index (χ1v) is 6.63. The fourth-order valence-corrected chi connectivity index (χ4v) is 2.68. The minimum absolute atomic E-state index is 0.0943. The molecule has 1 aliphatic rings. The van der Waals surface area contributed by atoms with E-state index in [4.69, 9.17) is 5.11 Å². The molecule has 0 radical (unpaired) electrons. The van der Waals surface area contributed by atoms with Gasteiger partial charge in [0.25, 0.3) is 0 Å². The zero-order valence-corrected chi connectivity index (χ0v) is 10.4. The van der Waals surface area contributed by atoms with E-state index in [1.165, 1.54) is 0 Å². The van der Waals surface area contributed by atoms with Crippen LogP contribution in [0, 0.1) is 11.8 Å². The molecule has 0 aliphatic carbocycles. The number of carbonyl (C=O) groups is 1. The second-order valence-electron chi connectivity index (χ2n) is 3.95. The molecule has 0 unspecified atom stereocenters. The maximum Gasteiger partial charge on any atom is 0.222 e. The lowest BCUT2D eigenvalue weighted by molar-refractivity contribution is -0.128. The number of likely N-dealkylation sites (tertiary alicyclic amines) is 1. The molecule has 0 spiro atoms. The lowest BCUT2D eigenvalue weighted by Gasteiger charge is -2.14. The Morgan fingerprint density at radius 3 is 3.12 bits per heavy atom. The summed E-state index contributed by atoms with van der Waals surface area (Å²) in [5.41, 5.74) is 0.989. The Bertz CT molecular complexity index is 455. The van der Waals surface area contributed by atoms with Crippen LogP contribution in [0.1, 0.15) is 29.7 Å². The van der Waals surface area contributed by atoms with Gasteiger partial charge in [0, 0.05) is 29.8 Å². The first-order chi connectivity index (χ1) is 8.31. The first kappa shape index (κ1) is 12.2. The second-order valence-corrected chi connectivity index (χ2v) is 4.95. The molecule has 17 heavy (non-hydrogen) atoms. The highest BCUT2D eigenvalue weighted by Crippen LogP contribution is 2.21. The molecule has 1 aliphatic heterocycles. The average molecular weight is 249 g/mol. The predicted molar refractivity (Wildman–Crippen MR) is 67.6 cm³/mol. The third-order valence-corrected chi connectivity index (χ3v) is 3.62. The van der Waals surface area contributed by atoms with Crippen molar-refractivity contribution in [2.45, 2.75) is 25.8 Å². The van der Waals surface area contributed by atoms with Crippen LogP contribution in [0.15, 0.2) is 11.4 Å². The molecular formula is C13H15NO2S. The van der Waals surface area contributed by atoms with Crippen LogP contribution in [-0.2, 0) is 11.3 Å². The Balaban J connectivity index is 2.04. The van der Waals surface area contributed by atoms with Crippen LogP contribution in [0.2, 0.25) is 0 Å². The number of nitrogens with zero attached hydrogens (tertiary/aromatic N) is 1. The molecule has 2 heterocycles. The average Bonchev–Trinajstić information content (AvgIpc) is 2.91. The van der Waals surface area contributed by atoms with Gasteiger partial charge in [0.05, 0.1) is 13.2 Å². The number of carbonyl (C=O) groups excluding carboxylic acids is 1. The van der Waals surface area contributed by atoms with Crippen molar-refractivity contribution in [3.63, 3.8) is 0 Å². The highest BCUT2D eigenvalue weighted by Gasteiger charge is 2.21. The van der Waals surface area contributed by atoms with Gasteiger partial charge >= 0.3 is 0 Å². The minimum atomic E-state index is 0.0943. The molecule has 1 fully saturated rings. The number of aliphatic hydroxyl groups is 1. The normalized spacial score (nSPS) is 14.9. The number of amides is 1. The molecule has 0 bridgehead atoms. The van der Waals surface area contributed by atoms with Crippen molar-refractivity contribution >= 4 is 17.2 Å². The van der Waals surface area contributed by atoms with Crippen molar-refractivity contribution < 1.29 is 9.90 Å². The lowest BCUT2D eigenvalue weighted by atomic mass is 10.2. The number of thiophene rings is 1. The number of hydrogen-bond acceptors (Lipinski definition) is 3. The molecule has 1 N–H and O–H groups in total. The summed E-state index contributed by atoms with van der Waals surface area (Å²) in [6.45, 7) is 1.64. The van der Waals surface area contributed by atoms with Gasteiger partial charge in [-0.2, -0.15) is 0 Å². The largest absolute Gasteiger partial charge is 0.395 e. The van der Waals surface area contributed by atoms with Crippen LogP contribution in [0.25, 0.3) is 0 Å². The zero-order chi connectivity index (χ0) is 12.1. The maximum atomic E-state index is 11.5. The number of hydrogen-bond donors (Lipinski definition) is 1. The summed E-state index contributed by atoms with van der Waals surface area (Å²) in [7, 11) is 0. The predicted octanol–water partition coefficient (Wildman–Crippen LogP) is 1.60. The molecule has 90 valence electrons. The van der Waals surface area contributed by atoms with Crippen LogP contribution in [0.5, 0.6) is 0 Å². The van der Waals surface area contributed by atoms with E-state index in [0.29, 0.717) is 19.4 Å². The lowest BCUT2D eigenvalue weighted by Crippen LogP contribution is -2.23. The highest BCUT2D eigenvalue weighted by atomic mass is 32.1. The van der Waals surface area contributed by atoms with Gasteiger partial charge in [0.15, 0.2) is 0 Å². The van der Waals surface area contributed by atoms with E-state index in [-0.39, 0.29) is 12.5 Å². The van der Waals surface area contributed by atoms with Gasteiger partial charge in [0.1, 0.15) is 0 Å². The van der Waals surface area contributed by atoms with E-state index in [1.54, 1.807) is 11.3 Å².